The molecule has 0 bridgehead atoms. The zero-order chi connectivity index (χ0) is 94.1. The van der Waals surface area contributed by atoms with Gasteiger partial charge in [0.25, 0.3) is 0 Å². The summed E-state index contributed by atoms with van der Waals surface area (Å²) >= 11 is 0. The first-order chi connectivity index (χ1) is 57.7. The molecule has 0 spiro atoms. The van der Waals surface area contributed by atoms with Crippen LogP contribution in [-0.2, 0) is 38.4 Å². The third-order valence-electron chi connectivity index (χ3n) is 24.9. The van der Waals surface area contributed by atoms with Crippen LogP contribution in [0, 0.1) is 94.7 Å². The molecule has 8 aliphatic carbocycles. The van der Waals surface area contributed by atoms with Crippen molar-refractivity contribution in [2.24, 2.45) is 94.7 Å². The first-order valence-corrected chi connectivity index (χ1v) is 51.8. The quantitative estimate of drug-likeness (QED) is 0.0923. The number of nitrogens with zero attached hydrogens (tertiary/aromatic N) is 4. The highest BCUT2D eigenvalue weighted by atomic mass is 16.2. The van der Waals surface area contributed by atoms with Crippen LogP contribution in [0.3, 0.4) is 0 Å². The topological polar surface area (TPSA) is 198 Å². The molecule has 8 amide bonds. The van der Waals surface area contributed by atoms with Crippen LogP contribution in [0.15, 0.2) is 0 Å². The minimum absolute atomic E-state index is 0.233. The number of amides is 8. The molecule has 0 heterocycles. The second-order valence-electron chi connectivity index (χ2n) is 33.5. The predicted molar refractivity (Wildman–Crippen MR) is 526 cm³/mol. The van der Waals surface area contributed by atoms with Crippen LogP contribution in [-0.4, -0.2) is 146 Å². The molecule has 0 unspecified atom stereocenters. The van der Waals surface area contributed by atoms with Crippen LogP contribution in [0.1, 0.15) is 454 Å². The molecule has 0 aromatic carbocycles. The van der Waals surface area contributed by atoms with Gasteiger partial charge in [0.05, 0.1) is 0 Å². The lowest BCUT2D eigenvalue weighted by atomic mass is 9.82. The minimum Gasteiger partial charge on any atom is -0.359 e. The number of rotatable bonds is 20. The Bertz CT molecular complexity index is 2010. The average molecular weight is 1710 g/mol. The van der Waals surface area contributed by atoms with E-state index in [1.807, 2.05) is 130 Å². The summed E-state index contributed by atoms with van der Waals surface area (Å²) in [6.07, 6.45) is 39.3. The predicted octanol–water partition coefficient (Wildman–Crippen LogP) is 26.7. The van der Waals surface area contributed by atoms with E-state index < -0.39 is 0 Å². The summed E-state index contributed by atoms with van der Waals surface area (Å²) in [5.74, 6) is 11.8. The molecule has 8 aliphatic rings. The molecular formula is C104H216N8O8. The lowest BCUT2D eigenvalue weighted by Crippen LogP contribution is -2.37. The van der Waals surface area contributed by atoms with Gasteiger partial charge < -0.3 is 40.9 Å². The van der Waals surface area contributed by atoms with Crippen molar-refractivity contribution in [3.05, 3.63) is 0 Å². The lowest BCUT2D eigenvalue weighted by Gasteiger charge is -2.29. The average Bonchev–Trinajstić information content (AvgIpc) is 0.875. The zero-order valence-electron chi connectivity index (χ0n) is 87.4. The normalized spacial score (nSPS) is 25.1. The van der Waals surface area contributed by atoms with Crippen LogP contribution >= 0.6 is 0 Å². The molecule has 16 nitrogen and oxygen atoms in total. The van der Waals surface area contributed by atoms with Crippen LogP contribution in [0.25, 0.3) is 0 Å². The highest BCUT2D eigenvalue weighted by Gasteiger charge is 2.32. The molecule has 8 fully saturated rings. The second kappa shape index (κ2) is 91.0. The Morgan fingerprint density at radius 3 is 0.425 bits per heavy atom. The van der Waals surface area contributed by atoms with Crippen molar-refractivity contribution >= 4 is 47.3 Å². The van der Waals surface area contributed by atoms with Crippen LogP contribution < -0.4 is 21.3 Å². The fraction of sp³-hybridized carbons (Fsp3) is 0.923. The Morgan fingerprint density at radius 1 is 0.200 bits per heavy atom. The van der Waals surface area contributed by atoms with Gasteiger partial charge in [0.1, 0.15) is 0 Å². The van der Waals surface area contributed by atoms with Gasteiger partial charge in [-0.1, -0.05) is 180 Å². The number of hydrogen-bond donors (Lipinski definition) is 4. The number of nitrogens with one attached hydrogen (secondary N) is 4. The maximum Gasteiger partial charge on any atom is 0.225 e. The molecule has 0 saturated heterocycles. The Morgan fingerprint density at radius 2 is 0.317 bits per heavy atom. The van der Waals surface area contributed by atoms with Crippen LogP contribution in [0.2, 0.25) is 0 Å². The standard InChI is InChI=1S/4C12H23NO.2C11H21NO.2C9H17NO.8C2H6/c4*1-4-13(5-2)12(14)11-8-6-10(3)7-9-11;2*1-3-8-12-11(13)10-6-4-9(2)5-7-10;2*1-7-3-5-8(6-4-7)9(11)10-2;8*1-2/h4*10-11H,4-9H2,1-3H3;2*9-10H,3-8H2,1-2H3,(H,12,13);2*7-8H,3-6H2,1-2H3,(H,10,11);8*1-2H3. The van der Waals surface area contributed by atoms with Gasteiger partial charge in [0, 0.05) is 127 Å². The number of hydrogen-bond acceptors (Lipinski definition) is 8. The van der Waals surface area contributed by atoms with Crippen LogP contribution in [0.5, 0.6) is 0 Å². The smallest absolute Gasteiger partial charge is 0.225 e. The third kappa shape index (κ3) is 62.8. The summed E-state index contributed by atoms with van der Waals surface area (Å²) in [7, 11) is 3.45. The molecule has 0 atom stereocenters. The lowest BCUT2D eigenvalue weighted by molar-refractivity contribution is -0.137. The van der Waals surface area contributed by atoms with E-state index in [0.717, 1.165) is 228 Å². The minimum atomic E-state index is 0.233. The van der Waals surface area contributed by atoms with Gasteiger partial charge in [-0.2, -0.15) is 0 Å². The zero-order valence-corrected chi connectivity index (χ0v) is 87.4. The molecule has 120 heavy (non-hydrogen) atoms. The Labute approximate surface area is 750 Å². The van der Waals surface area contributed by atoms with Crippen molar-refractivity contribution in [1.29, 1.82) is 0 Å². The Kier molecular flexibility index (Phi) is 99.5. The third-order valence-corrected chi connectivity index (χ3v) is 24.9. The summed E-state index contributed by atoms with van der Waals surface area (Å²) < 4.78 is 0. The summed E-state index contributed by atoms with van der Waals surface area (Å²) in [4.78, 5) is 101. The second-order valence-corrected chi connectivity index (χ2v) is 33.5. The summed E-state index contributed by atoms with van der Waals surface area (Å²) in [6, 6.07) is 0. The molecule has 0 aromatic heterocycles. The van der Waals surface area contributed by atoms with Gasteiger partial charge in [0.15, 0.2) is 0 Å². The van der Waals surface area contributed by atoms with Gasteiger partial charge in [0.2, 0.25) is 47.3 Å². The van der Waals surface area contributed by atoms with Gasteiger partial charge in [-0.25, -0.2) is 0 Å². The molecule has 0 aromatic rings. The monoisotopic (exact) mass is 1710 g/mol. The molecule has 0 radical (unpaired) electrons. The van der Waals surface area contributed by atoms with Gasteiger partial charge in [-0.15, -0.1) is 0 Å². The van der Waals surface area contributed by atoms with E-state index in [2.05, 4.69) is 146 Å². The SMILES string of the molecule is CC.CC.CC.CC.CC.CC.CC.CC.CCCNC(=O)C1CCC(C)CC1.CCCNC(=O)C1CCC(C)CC1.CCN(CC)C(=O)C1CCC(C)CC1.CCN(CC)C(=O)C1CCC(C)CC1.CCN(CC)C(=O)C1CCC(C)CC1.CCN(CC)C(=O)C1CCC(C)CC1.CNC(=O)C1CCC(C)CC1.CNC(=O)C1CCC(C)CC1. The van der Waals surface area contributed by atoms with E-state index in [1.54, 1.807) is 14.1 Å². The molecule has 8 rings (SSSR count). The first kappa shape index (κ1) is 131. The summed E-state index contributed by atoms with van der Waals surface area (Å²) in [6.45, 7) is 79.5. The van der Waals surface area contributed by atoms with E-state index in [9.17, 15) is 38.4 Å². The highest BCUT2D eigenvalue weighted by Crippen LogP contribution is 2.35. The Hall–Kier alpha value is -4.24. The maximum absolute atomic E-state index is 12.0. The number of carbonyl (C=O) groups is 8. The summed E-state index contributed by atoms with van der Waals surface area (Å²) in [5, 5.41) is 11.4. The van der Waals surface area contributed by atoms with Crippen molar-refractivity contribution in [3.8, 4) is 0 Å². The van der Waals surface area contributed by atoms with Crippen molar-refractivity contribution in [3.63, 3.8) is 0 Å². The Balaban J connectivity index is -0.000000194. The molecule has 0 aliphatic heterocycles. The van der Waals surface area contributed by atoms with Crippen molar-refractivity contribution in [1.82, 2.24) is 40.9 Å². The van der Waals surface area contributed by atoms with E-state index >= 15 is 0 Å². The fourth-order valence-corrected chi connectivity index (χ4v) is 16.5. The highest BCUT2D eigenvalue weighted by molar-refractivity contribution is 5.82. The van der Waals surface area contributed by atoms with Gasteiger partial charge in [-0.05, 0) is 321 Å². The van der Waals surface area contributed by atoms with Crippen molar-refractivity contribution in [2.75, 3.05) is 79.5 Å². The summed E-state index contributed by atoms with van der Waals surface area (Å²) in [5.41, 5.74) is 0. The molecule has 720 valence electrons. The van der Waals surface area contributed by atoms with Crippen molar-refractivity contribution < 1.29 is 38.4 Å². The van der Waals surface area contributed by atoms with Crippen LogP contribution in [0.4, 0.5) is 0 Å². The van der Waals surface area contributed by atoms with E-state index in [-0.39, 0.29) is 23.6 Å². The van der Waals surface area contributed by atoms with Gasteiger partial charge in [-0.3, -0.25) is 38.4 Å². The first-order valence-electron chi connectivity index (χ1n) is 51.8. The largest absolute Gasteiger partial charge is 0.359 e. The van der Waals surface area contributed by atoms with E-state index in [0.29, 0.717) is 71.0 Å². The van der Waals surface area contributed by atoms with E-state index in [4.69, 9.17) is 0 Å². The number of carbonyl (C=O) groups excluding carboxylic acids is 8. The molecule has 16 heteroatoms. The van der Waals surface area contributed by atoms with Gasteiger partial charge >= 0.3 is 0 Å². The molecular weight excluding hydrogens is 1490 g/mol. The van der Waals surface area contributed by atoms with Crippen molar-refractivity contribution in [2.45, 2.75) is 454 Å². The van der Waals surface area contributed by atoms with E-state index in [1.165, 1.54) is 103 Å². The molecule has 8 saturated carbocycles. The fourth-order valence-electron chi connectivity index (χ4n) is 16.5. The maximum atomic E-state index is 12.0. The molecule has 4 N–H and O–H groups in total.